The lowest BCUT2D eigenvalue weighted by atomic mass is 10.1. The molecule has 0 spiro atoms. The maximum Gasteiger partial charge on any atom is 0.220 e. The zero-order valence-corrected chi connectivity index (χ0v) is 11.9. The minimum atomic E-state index is 0.161. The predicted octanol–water partition coefficient (Wildman–Crippen LogP) is 2.27. The van der Waals surface area contributed by atoms with E-state index in [1.165, 1.54) is 0 Å². The molecular formula is C16H21N3O. The van der Waals surface area contributed by atoms with Crippen LogP contribution < -0.4 is 10.6 Å². The molecule has 1 amide bonds. The van der Waals surface area contributed by atoms with Crippen LogP contribution in [0.3, 0.4) is 0 Å². The molecule has 0 aliphatic heterocycles. The van der Waals surface area contributed by atoms with Crippen LogP contribution in [0.5, 0.6) is 0 Å². The van der Waals surface area contributed by atoms with Crippen molar-refractivity contribution >= 4 is 5.91 Å². The van der Waals surface area contributed by atoms with E-state index in [2.05, 4.69) is 23.6 Å². The minimum absolute atomic E-state index is 0.161. The minimum Gasteiger partial charge on any atom is -0.353 e. The number of rotatable bonds is 7. The number of hydrogen-bond donors (Lipinski definition) is 2. The van der Waals surface area contributed by atoms with E-state index in [1.807, 2.05) is 18.2 Å². The fourth-order valence-electron chi connectivity index (χ4n) is 2.09. The van der Waals surface area contributed by atoms with Crippen LogP contribution in [-0.4, -0.2) is 18.5 Å². The molecule has 0 aromatic heterocycles. The molecule has 0 bridgehead atoms. The summed E-state index contributed by atoms with van der Waals surface area (Å²) in [6.07, 6.45) is 3.68. The summed E-state index contributed by atoms with van der Waals surface area (Å²) in [6, 6.07) is 10.4. The first-order valence-corrected chi connectivity index (χ1v) is 7.22. The lowest BCUT2D eigenvalue weighted by Crippen LogP contribution is -2.27. The van der Waals surface area contributed by atoms with Crippen LogP contribution >= 0.6 is 0 Å². The molecular weight excluding hydrogens is 250 g/mol. The average Bonchev–Trinajstić information content (AvgIpc) is 3.27. The highest BCUT2D eigenvalue weighted by atomic mass is 16.1. The lowest BCUT2D eigenvalue weighted by molar-refractivity contribution is -0.121. The Morgan fingerprint density at radius 2 is 2.30 bits per heavy atom. The first-order chi connectivity index (χ1) is 9.69. The summed E-state index contributed by atoms with van der Waals surface area (Å²) in [5.41, 5.74) is 1.78. The molecule has 1 aliphatic rings. The van der Waals surface area contributed by atoms with E-state index < -0.39 is 0 Å². The summed E-state index contributed by atoms with van der Waals surface area (Å²) in [4.78, 5) is 11.5. The van der Waals surface area contributed by atoms with Gasteiger partial charge < -0.3 is 10.6 Å². The number of benzene rings is 1. The van der Waals surface area contributed by atoms with Crippen molar-refractivity contribution in [3.8, 4) is 6.07 Å². The van der Waals surface area contributed by atoms with E-state index in [4.69, 9.17) is 5.26 Å². The SMILES string of the molecule is CC(NCCCC(=O)NC1CC1)c1cccc(C#N)c1. The van der Waals surface area contributed by atoms with E-state index in [1.54, 1.807) is 6.07 Å². The number of nitrogens with zero attached hydrogens (tertiary/aromatic N) is 1. The van der Waals surface area contributed by atoms with Gasteiger partial charge in [0.2, 0.25) is 5.91 Å². The predicted molar refractivity (Wildman–Crippen MR) is 78.0 cm³/mol. The van der Waals surface area contributed by atoms with Gasteiger partial charge in [-0.3, -0.25) is 4.79 Å². The lowest BCUT2D eigenvalue weighted by Gasteiger charge is -2.14. The summed E-state index contributed by atoms with van der Waals surface area (Å²) >= 11 is 0. The Morgan fingerprint density at radius 3 is 3.00 bits per heavy atom. The Hall–Kier alpha value is -1.86. The van der Waals surface area contributed by atoms with Gasteiger partial charge in [0.1, 0.15) is 0 Å². The Morgan fingerprint density at radius 1 is 1.50 bits per heavy atom. The highest BCUT2D eigenvalue weighted by Gasteiger charge is 2.22. The third-order valence-corrected chi connectivity index (χ3v) is 3.49. The normalized spacial score (nSPS) is 15.4. The molecule has 0 heterocycles. The zero-order valence-electron chi connectivity index (χ0n) is 11.9. The Balaban J connectivity index is 1.67. The van der Waals surface area contributed by atoms with Crippen molar-refractivity contribution in [1.82, 2.24) is 10.6 Å². The van der Waals surface area contributed by atoms with Gasteiger partial charge in [-0.05, 0) is 50.4 Å². The third kappa shape index (κ3) is 4.67. The summed E-state index contributed by atoms with van der Waals surface area (Å²) in [7, 11) is 0. The maximum absolute atomic E-state index is 11.5. The second-order valence-corrected chi connectivity index (χ2v) is 5.36. The number of hydrogen-bond acceptors (Lipinski definition) is 3. The van der Waals surface area contributed by atoms with E-state index >= 15 is 0 Å². The smallest absolute Gasteiger partial charge is 0.220 e. The van der Waals surface area contributed by atoms with Crippen LogP contribution in [-0.2, 0) is 4.79 Å². The summed E-state index contributed by atoms with van der Waals surface area (Å²) < 4.78 is 0. The maximum atomic E-state index is 11.5. The van der Waals surface area contributed by atoms with Gasteiger partial charge in [-0.1, -0.05) is 12.1 Å². The monoisotopic (exact) mass is 271 g/mol. The number of nitriles is 1. The molecule has 1 fully saturated rings. The molecule has 2 N–H and O–H groups in total. The van der Waals surface area contributed by atoms with Gasteiger partial charge >= 0.3 is 0 Å². The zero-order chi connectivity index (χ0) is 14.4. The van der Waals surface area contributed by atoms with Crippen LogP contribution in [0.25, 0.3) is 0 Å². The van der Waals surface area contributed by atoms with Crippen LogP contribution in [0.15, 0.2) is 24.3 Å². The Bertz CT molecular complexity index is 503. The van der Waals surface area contributed by atoms with Gasteiger partial charge in [-0.15, -0.1) is 0 Å². The quantitative estimate of drug-likeness (QED) is 0.748. The van der Waals surface area contributed by atoms with Crippen molar-refractivity contribution in [3.63, 3.8) is 0 Å². The fourth-order valence-corrected chi connectivity index (χ4v) is 2.09. The van der Waals surface area contributed by atoms with Gasteiger partial charge in [0.15, 0.2) is 0 Å². The summed E-state index contributed by atoms with van der Waals surface area (Å²) in [5.74, 6) is 0.161. The van der Waals surface area contributed by atoms with E-state index in [-0.39, 0.29) is 11.9 Å². The first kappa shape index (κ1) is 14.5. The topological polar surface area (TPSA) is 64.9 Å². The summed E-state index contributed by atoms with van der Waals surface area (Å²) in [5, 5.41) is 15.3. The van der Waals surface area contributed by atoms with Crippen LogP contribution in [0.2, 0.25) is 0 Å². The Labute approximate surface area is 120 Å². The third-order valence-electron chi connectivity index (χ3n) is 3.49. The van der Waals surface area contributed by atoms with Gasteiger partial charge in [-0.2, -0.15) is 5.26 Å². The van der Waals surface area contributed by atoms with Crippen molar-refractivity contribution in [1.29, 1.82) is 5.26 Å². The van der Waals surface area contributed by atoms with Gasteiger partial charge in [0.25, 0.3) is 0 Å². The fraction of sp³-hybridized carbons (Fsp3) is 0.500. The molecule has 4 nitrogen and oxygen atoms in total. The molecule has 20 heavy (non-hydrogen) atoms. The average molecular weight is 271 g/mol. The molecule has 1 atom stereocenters. The Kier molecular flexibility index (Phi) is 5.14. The first-order valence-electron chi connectivity index (χ1n) is 7.22. The molecule has 0 radical (unpaired) electrons. The highest BCUT2D eigenvalue weighted by molar-refractivity contribution is 5.76. The molecule has 1 saturated carbocycles. The van der Waals surface area contributed by atoms with E-state index in [0.29, 0.717) is 18.0 Å². The van der Waals surface area contributed by atoms with Crippen molar-refractivity contribution in [3.05, 3.63) is 35.4 Å². The van der Waals surface area contributed by atoms with Crippen molar-refractivity contribution in [2.45, 2.75) is 44.7 Å². The van der Waals surface area contributed by atoms with Crippen LogP contribution in [0.1, 0.15) is 49.8 Å². The molecule has 1 unspecified atom stereocenters. The van der Waals surface area contributed by atoms with E-state index in [0.717, 1.165) is 31.4 Å². The largest absolute Gasteiger partial charge is 0.353 e. The van der Waals surface area contributed by atoms with Crippen molar-refractivity contribution in [2.24, 2.45) is 0 Å². The molecule has 1 aromatic carbocycles. The van der Waals surface area contributed by atoms with Crippen LogP contribution in [0, 0.1) is 11.3 Å². The molecule has 1 aliphatic carbocycles. The van der Waals surface area contributed by atoms with Gasteiger partial charge in [0.05, 0.1) is 11.6 Å². The van der Waals surface area contributed by atoms with E-state index in [9.17, 15) is 4.79 Å². The number of nitrogens with one attached hydrogen (secondary N) is 2. The summed E-state index contributed by atoms with van der Waals surface area (Å²) in [6.45, 7) is 2.87. The molecule has 106 valence electrons. The number of carbonyl (C=O) groups is 1. The van der Waals surface area contributed by atoms with Gasteiger partial charge in [-0.25, -0.2) is 0 Å². The van der Waals surface area contributed by atoms with Crippen molar-refractivity contribution in [2.75, 3.05) is 6.54 Å². The number of carbonyl (C=O) groups excluding carboxylic acids is 1. The molecule has 4 heteroatoms. The molecule has 0 saturated heterocycles. The van der Waals surface area contributed by atoms with Crippen LogP contribution in [0.4, 0.5) is 0 Å². The second-order valence-electron chi connectivity index (χ2n) is 5.36. The highest BCUT2D eigenvalue weighted by Crippen LogP contribution is 2.18. The number of amides is 1. The second kappa shape index (κ2) is 7.06. The molecule has 1 aromatic rings. The van der Waals surface area contributed by atoms with Gasteiger partial charge in [0, 0.05) is 18.5 Å². The molecule has 2 rings (SSSR count). The van der Waals surface area contributed by atoms with Crippen molar-refractivity contribution < 1.29 is 4.79 Å². The standard InChI is InChI=1S/C16H21N3O/c1-12(14-5-2-4-13(10-14)11-17)18-9-3-6-16(20)19-15-7-8-15/h2,4-5,10,12,15,18H,3,6-9H2,1H3,(H,19,20).